The number of carbonyl (C=O) groups is 2. The highest BCUT2D eigenvalue weighted by Crippen LogP contribution is 2.67. The van der Waals surface area contributed by atoms with Crippen molar-refractivity contribution >= 4 is 11.6 Å². The summed E-state index contributed by atoms with van der Waals surface area (Å²) in [7, 11) is 0. The molecule has 0 radical (unpaired) electrons. The third-order valence-corrected chi connectivity index (χ3v) is 8.97. The largest absolute Gasteiger partial charge is 0.300 e. The summed E-state index contributed by atoms with van der Waals surface area (Å²) in [5, 5.41) is 0. The zero-order chi connectivity index (χ0) is 16.4. The van der Waals surface area contributed by atoms with E-state index in [0.717, 1.165) is 43.4 Å². The summed E-state index contributed by atoms with van der Waals surface area (Å²) in [4.78, 5) is 24.1. The molecular weight excluding hydrogens is 284 g/mol. The van der Waals surface area contributed by atoms with Crippen LogP contribution in [0.2, 0.25) is 0 Å². The molecule has 7 atom stereocenters. The van der Waals surface area contributed by atoms with Gasteiger partial charge in [0, 0.05) is 18.8 Å². The monoisotopic (exact) mass is 316 g/mol. The molecule has 4 aliphatic carbocycles. The van der Waals surface area contributed by atoms with Crippen LogP contribution in [-0.2, 0) is 9.59 Å². The summed E-state index contributed by atoms with van der Waals surface area (Å²) in [5.74, 6) is 4.25. The van der Waals surface area contributed by atoms with Gasteiger partial charge in [-0.3, -0.25) is 9.59 Å². The van der Waals surface area contributed by atoms with Crippen molar-refractivity contribution in [3.8, 4) is 0 Å². The topological polar surface area (TPSA) is 34.1 Å². The molecule has 0 bridgehead atoms. The lowest BCUT2D eigenvalue weighted by molar-refractivity contribution is -0.143. The van der Waals surface area contributed by atoms with Gasteiger partial charge < -0.3 is 0 Å². The Kier molecular flexibility index (Phi) is 3.56. The first kappa shape index (κ1) is 15.8. The van der Waals surface area contributed by atoms with E-state index in [0.29, 0.717) is 28.8 Å². The highest BCUT2D eigenvalue weighted by molar-refractivity contribution is 5.80. The number of rotatable bonds is 1. The second-order valence-electron chi connectivity index (χ2n) is 9.68. The van der Waals surface area contributed by atoms with E-state index in [-0.39, 0.29) is 5.41 Å². The number of carbonyl (C=O) groups excluding carboxylic acids is 2. The van der Waals surface area contributed by atoms with E-state index < -0.39 is 0 Å². The molecule has 0 amide bonds. The van der Waals surface area contributed by atoms with E-state index in [4.69, 9.17) is 0 Å². The molecule has 0 aliphatic heterocycles. The lowest BCUT2D eigenvalue weighted by Crippen LogP contribution is -2.53. The number of hydrogen-bond donors (Lipinski definition) is 0. The highest BCUT2D eigenvalue weighted by Gasteiger charge is 2.60. The zero-order valence-electron chi connectivity index (χ0n) is 15.1. The maximum atomic E-state index is 12.2. The van der Waals surface area contributed by atoms with Gasteiger partial charge in [-0.05, 0) is 86.4 Å². The van der Waals surface area contributed by atoms with Gasteiger partial charge in [0.15, 0.2) is 0 Å². The smallest absolute Gasteiger partial charge is 0.133 e. The molecule has 0 aromatic carbocycles. The van der Waals surface area contributed by atoms with Crippen LogP contribution in [-0.4, -0.2) is 11.6 Å². The summed E-state index contributed by atoms with van der Waals surface area (Å²) in [5.41, 5.74) is 0.660. The predicted molar refractivity (Wildman–Crippen MR) is 90.9 cm³/mol. The lowest BCUT2D eigenvalue weighted by atomic mass is 9.44. The Morgan fingerprint density at radius 3 is 2.43 bits per heavy atom. The van der Waals surface area contributed by atoms with Crippen LogP contribution in [0.5, 0.6) is 0 Å². The first-order chi connectivity index (χ1) is 10.9. The molecule has 4 rings (SSSR count). The van der Waals surface area contributed by atoms with Gasteiger partial charge in [0.25, 0.3) is 0 Å². The number of hydrogen-bond acceptors (Lipinski definition) is 2. The van der Waals surface area contributed by atoms with Crippen molar-refractivity contribution in [3.05, 3.63) is 0 Å². The van der Waals surface area contributed by atoms with Crippen LogP contribution >= 0.6 is 0 Å². The third kappa shape index (κ3) is 2.12. The molecule has 2 heteroatoms. The summed E-state index contributed by atoms with van der Waals surface area (Å²) in [6, 6.07) is 0. The summed E-state index contributed by atoms with van der Waals surface area (Å²) < 4.78 is 0. The summed E-state index contributed by atoms with van der Waals surface area (Å²) >= 11 is 0. The Morgan fingerprint density at radius 2 is 1.70 bits per heavy atom. The van der Waals surface area contributed by atoms with Crippen LogP contribution in [0.15, 0.2) is 0 Å². The van der Waals surface area contributed by atoms with Gasteiger partial charge in [0.2, 0.25) is 0 Å². The molecular formula is C21H32O2. The Balaban J connectivity index is 1.63. The molecule has 23 heavy (non-hydrogen) atoms. The molecule has 4 aliphatic rings. The molecule has 4 fully saturated rings. The molecule has 128 valence electrons. The first-order valence-electron chi connectivity index (χ1n) is 9.88. The molecule has 0 spiro atoms. The van der Waals surface area contributed by atoms with E-state index >= 15 is 0 Å². The molecule has 0 N–H and O–H groups in total. The lowest BCUT2D eigenvalue weighted by Gasteiger charge is -2.60. The van der Waals surface area contributed by atoms with Crippen molar-refractivity contribution in [2.75, 3.05) is 0 Å². The van der Waals surface area contributed by atoms with Crippen molar-refractivity contribution in [3.63, 3.8) is 0 Å². The van der Waals surface area contributed by atoms with Crippen molar-refractivity contribution < 1.29 is 9.59 Å². The minimum Gasteiger partial charge on any atom is -0.300 e. The van der Waals surface area contributed by atoms with Crippen LogP contribution in [0.25, 0.3) is 0 Å². The Labute approximate surface area is 140 Å². The SMILES string of the molecule is CC(=O)[C@@H]1CC[C@@H]2[C@@H]3CC[C@H]4CC(=O)CC[C@]4(C)[C@@H]3CC[C@@]21C. The molecule has 0 aromatic heterocycles. The van der Waals surface area contributed by atoms with Crippen LogP contribution in [0.3, 0.4) is 0 Å². The maximum Gasteiger partial charge on any atom is 0.133 e. The van der Waals surface area contributed by atoms with Crippen LogP contribution < -0.4 is 0 Å². The first-order valence-corrected chi connectivity index (χ1v) is 9.88. The van der Waals surface area contributed by atoms with E-state index in [1.807, 2.05) is 6.92 Å². The second kappa shape index (κ2) is 5.17. The fourth-order valence-electron chi connectivity index (χ4n) is 7.71. The average molecular weight is 316 g/mol. The minimum atomic E-state index is 0.265. The Hall–Kier alpha value is -0.660. The van der Waals surface area contributed by atoms with Crippen molar-refractivity contribution in [1.82, 2.24) is 0 Å². The average Bonchev–Trinajstić information content (AvgIpc) is 2.85. The standard InChI is InChI=1S/C21H32O2/c1-13(22)17-6-7-18-16-5-4-14-12-15(23)8-10-20(14,2)19(16)9-11-21(17,18)3/h14,16-19H,4-12H2,1-3H3/t14-,16-,17-,18+,19+,20-,21+/m0/s1. The normalized spacial score (nSPS) is 52.5. The van der Waals surface area contributed by atoms with Gasteiger partial charge in [0.05, 0.1) is 0 Å². The molecule has 0 saturated heterocycles. The van der Waals surface area contributed by atoms with E-state index in [2.05, 4.69) is 13.8 Å². The van der Waals surface area contributed by atoms with Crippen LogP contribution in [0.4, 0.5) is 0 Å². The molecule has 0 aromatic rings. The molecule has 0 unspecified atom stereocenters. The third-order valence-electron chi connectivity index (χ3n) is 8.97. The number of ketones is 2. The number of fused-ring (bicyclic) bond motifs is 5. The Morgan fingerprint density at radius 1 is 0.957 bits per heavy atom. The van der Waals surface area contributed by atoms with Gasteiger partial charge in [-0.2, -0.15) is 0 Å². The van der Waals surface area contributed by atoms with E-state index in [1.54, 1.807) is 0 Å². The summed E-state index contributed by atoms with van der Waals surface area (Å²) in [6.07, 6.45) is 10.3. The van der Waals surface area contributed by atoms with Gasteiger partial charge in [-0.15, -0.1) is 0 Å². The Bertz CT molecular complexity index is 538. The van der Waals surface area contributed by atoms with Gasteiger partial charge in [0.1, 0.15) is 11.6 Å². The van der Waals surface area contributed by atoms with E-state index in [9.17, 15) is 9.59 Å². The highest BCUT2D eigenvalue weighted by atomic mass is 16.1. The van der Waals surface area contributed by atoms with Crippen LogP contribution in [0.1, 0.15) is 78.6 Å². The van der Waals surface area contributed by atoms with Gasteiger partial charge in [-0.25, -0.2) is 0 Å². The van der Waals surface area contributed by atoms with E-state index in [1.165, 1.54) is 32.1 Å². The quantitative estimate of drug-likeness (QED) is 0.696. The van der Waals surface area contributed by atoms with Crippen molar-refractivity contribution in [2.24, 2.45) is 40.4 Å². The predicted octanol–water partition coefficient (Wildman–Crippen LogP) is 4.80. The zero-order valence-corrected chi connectivity index (χ0v) is 15.1. The molecule has 2 nitrogen and oxygen atoms in total. The van der Waals surface area contributed by atoms with Crippen molar-refractivity contribution in [1.29, 1.82) is 0 Å². The number of Topliss-reactive ketones (excluding diaryl/α,β-unsaturated/α-hetero) is 2. The minimum absolute atomic E-state index is 0.265. The fourth-order valence-corrected chi connectivity index (χ4v) is 7.71. The second-order valence-corrected chi connectivity index (χ2v) is 9.68. The van der Waals surface area contributed by atoms with Gasteiger partial charge >= 0.3 is 0 Å². The fraction of sp³-hybridized carbons (Fsp3) is 0.905. The van der Waals surface area contributed by atoms with Gasteiger partial charge in [-0.1, -0.05) is 13.8 Å². The van der Waals surface area contributed by atoms with Crippen LogP contribution in [0, 0.1) is 40.4 Å². The summed E-state index contributed by atoms with van der Waals surface area (Å²) in [6.45, 7) is 6.74. The van der Waals surface area contributed by atoms with Crippen molar-refractivity contribution in [2.45, 2.75) is 78.6 Å². The molecule has 0 heterocycles. The molecule has 4 saturated carbocycles. The maximum absolute atomic E-state index is 12.2.